The molecule has 0 aliphatic carbocycles. The van der Waals surface area contributed by atoms with E-state index in [1.807, 2.05) is 65.2 Å². The molecule has 166 valence electrons. The molecule has 0 atom stereocenters. The van der Waals surface area contributed by atoms with Crippen molar-refractivity contribution >= 4 is 23.7 Å². The Labute approximate surface area is 194 Å². The molecule has 0 unspecified atom stereocenters. The third-order valence-corrected chi connectivity index (χ3v) is 5.40. The van der Waals surface area contributed by atoms with Crippen molar-refractivity contribution in [1.29, 1.82) is 0 Å². The minimum atomic E-state index is -0.532. The summed E-state index contributed by atoms with van der Waals surface area (Å²) in [4.78, 5) is 23.3. The molecule has 8 nitrogen and oxygen atoms in total. The molecule has 0 saturated heterocycles. The topological polar surface area (TPSA) is 92.2 Å². The van der Waals surface area contributed by atoms with E-state index in [9.17, 15) is 14.9 Å². The van der Waals surface area contributed by atoms with Crippen LogP contribution < -0.4 is 4.74 Å². The van der Waals surface area contributed by atoms with Crippen molar-refractivity contribution in [2.24, 2.45) is 0 Å². The third-order valence-electron chi connectivity index (χ3n) is 4.97. The van der Waals surface area contributed by atoms with Crippen molar-refractivity contribution in [3.63, 3.8) is 0 Å². The highest BCUT2D eigenvalue weighted by Crippen LogP contribution is 2.16. The summed E-state index contributed by atoms with van der Waals surface area (Å²) in [5.41, 5.74) is 1.11. The van der Waals surface area contributed by atoms with Crippen molar-refractivity contribution < 1.29 is 14.5 Å². The predicted octanol–water partition coefficient (Wildman–Crippen LogP) is 4.83. The van der Waals surface area contributed by atoms with Gasteiger partial charge in [0.05, 0.1) is 11.5 Å². The Morgan fingerprint density at radius 1 is 1.00 bits per heavy atom. The van der Waals surface area contributed by atoms with Crippen LogP contribution in [0.2, 0.25) is 0 Å². The summed E-state index contributed by atoms with van der Waals surface area (Å²) < 4.78 is 9.49. The first kappa shape index (κ1) is 22.1. The normalized spacial score (nSPS) is 10.7. The zero-order chi connectivity index (χ0) is 23.2. The monoisotopic (exact) mass is 460 g/mol. The van der Waals surface area contributed by atoms with E-state index < -0.39 is 4.92 Å². The van der Waals surface area contributed by atoms with Crippen molar-refractivity contribution in [3.8, 4) is 5.75 Å². The van der Waals surface area contributed by atoms with Gasteiger partial charge in [-0.25, -0.2) is 4.68 Å². The molecule has 3 aromatic carbocycles. The number of non-ortho nitro benzene ring substituents is 1. The molecule has 1 aromatic heterocycles. The van der Waals surface area contributed by atoms with Crippen molar-refractivity contribution in [1.82, 2.24) is 14.3 Å². The number of carbonyl (C=O) groups is 1. The fraction of sp³-hybridized carbons (Fsp3) is 0.125. The molecule has 1 heterocycles. The molecule has 0 saturated carbocycles. The molecule has 0 radical (unpaired) electrons. The second kappa shape index (κ2) is 10.0. The van der Waals surface area contributed by atoms with Gasteiger partial charge in [-0.15, -0.1) is 0 Å². The average molecular weight is 461 g/mol. The first-order valence-corrected chi connectivity index (χ1v) is 10.6. The maximum Gasteiger partial charge on any atom is 0.270 e. The van der Waals surface area contributed by atoms with Crippen LogP contribution in [0.3, 0.4) is 0 Å². The predicted molar refractivity (Wildman–Crippen MR) is 125 cm³/mol. The lowest BCUT2D eigenvalue weighted by molar-refractivity contribution is -0.384. The van der Waals surface area contributed by atoms with Gasteiger partial charge in [-0.1, -0.05) is 60.7 Å². The van der Waals surface area contributed by atoms with Gasteiger partial charge in [0.25, 0.3) is 5.69 Å². The maximum absolute atomic E-state index is 12.8. The molecule has 0 spiro atoms. The van der Waals surface area contributed by atoms with Crippen LogP contribution in [-0.2, 0) is 19.7 Å². The smallest absolute Gasteiger partial charge is 0.270 e. The van der Waals surface area contributed by atoms with E-state index in [4.69, 9.17) is 17.0 Å². The van der Waals surface area contributed by atoms with E-state index in [0.717, 1.165) is 5.56 Å². The zero-order valence-electron chi connectivity index (χ0n) is 17.5. The molecule has 4 aromatic rings. The number of rotatable bonds is 9. The van der Waals surface area contributed by atoms with Gasteiger partial charge in [0.2, 0.25) is 0 Å². The highest BCUT2D eigenvalue weighted by atomic mass is 32.1. The molecular weight excluding hydrogens is 440 g/mol. The Morgan fingerprint density at radius 3 is 2.39 bits per heavy atom. The molecule has 9 heteroatoms. The summed E-state index contributed by atoms with van der Waals surface area (Å²) in [6.45, 7) is 0.497. The highest BCUT2D eigenvalue weighted by molar-refractivity contribution is 7.71. The Balaban J connectivity index is 1.62. The molecule has 0 amide bonds. The first-order chi connectivity index (χ1) is 16.0. The molecule has 0 aliphatic heterocycles. The van der Waals surface area contributed by atoms with Crippen LogP contribution in [0, 0.1) is 14.9 Å². The SMILES string of the molecule is O=C(Cn1nc(COc2ccccc2)n(Cc2ccccc2)c1=S)c1cccc([N+](=O)[O-])c1. The Morgan fingerprint density at radius 2 is 1.70 bits per heavy atom. The fourth-order valence-corrected chi connectivity index (χ4v) is 3.58. The second-order valence-corrected chi connectivity index (χ2v) is 7.63. The summed E-state index contributed by atoms with van der Waals surface area (Å²) in [5, 5.41) is 15.6. The highest BCUT2D eigenvalue weighted by Gasteiger charge is 2.17. The lowest BCUT2D eigenvalue weighted by Crippen LogP contribution is -2.13. The van der Waals surface area contributed by atoms with E-state index >= 15 is 0 Å². The van der Waals surface area contributed by atoms with Crippen molar-refractivity contribution in [3.05, 3.63) is 117 Å². The van der Waals surface area contributed by atoms with Crippen molar-refractivity contribution in [2.75, 3.05) is 0 Å². The number of ether oxygens (including phenoxy) is 1. The number of aromatic nitrogens is 3. The number of hydrogen-bond donors (Lipinski definition) is 0. The number of nitro benzene ring substituents is 1. The van der Waals surface area contributed by atoms with Crippen LogP contribution >= 0.6 is 12.2 Å². The number of benzene rings is 3. The van der Waals surface area contributed by atoms with E-state index in [-0.39, 0.29) is 30.2 Å². The summed E-state index contributed by atoms with van der Waals surface area (Å²) >= 11 is 5.63. The summed E-state index contributed by atoms with van der Waals surface area (Å²) in [6.07, 6.45) is 0. The minimum Gasteiger partial charge on any atom is -0.486 e. The third kappa shape index (κ3) is 5.39. The summed E-state index contributed by atoms with van der Waals surface area (Å²) in [6, 6.07) is 24.7. The molecule has 0 fully saturated rings. The molecule has 33 heavy (non-hydrogen) atoms. The quantitative estimate of drug-likeness (QED) is 0.154. The van der Waals surface area contributed by atoms with Crippen LogP contribution in [0.4, 0.5) is 5.69 Å². The van der Waals surface area contributed by atoms with Crippen LogP contribution in [0.1, 0.15) is 21.7 Å². The van der Waals surface area contributed by atoms with E-state index in [1.54, 1.807) is 6.07 Å². The van der Waals surface area contributed by atoms with Crippen molar-refractivity contribution in [2.45, 2.75) is 19.7 Å². The van der Waals surface area contributed by atoms with Crippen LogP contribution in [0.5, 0.6) is 5.75 Å². The van der Waals surface area contributed by atoms with Crippen LogP contribution in [0.25, 0.3) is 0 Å². The summed E-state index contributed by atoms with van der Waals surface area (Å²) in [5.74, 6) is 0.936. The number of para-hydroxylation sites is 1. The average Bonchev–Trinajstić information content (AvgIpc) is 3.13. The number of nitrogens with zero attached hydrogens (tertiary/aromatic N) is 4. The molecular formula is C24H20N4O4S. The maximum atomic E-state index is 12.8. The van der Waals surface area contributed by atoms with Gasteiger partial charge >= 0.3 is 0 Å². The van der Waals surface area contributed by atoms with E-state index in [2.05, 4.69) is 5.10 Å². The summed E-state index contributed by atoms with van der Waals surface area (Å²) in [7, 11) is 0. The number of hydrogen-bond acceptors (Lipinski definition) is 6. The number of ketones is 1. The van der Waals surface area contributed by atoms with Gasteiger partial charge in [0, 0.05) is 17.7 Å². The largest absolute Gasteiger partial charge is 0.486 e. The number of Topliss-reactive ketones (excluding diaryl/α,β-unsaturated/α-hetero) is 1. The minimum absolute atomic E-state index is 0.139. The molecule has 0 bridgehead atoms. The second-order valence-electron chi connectivity index (χ2n) is 7.26. The van der Waals surface area contributed by atoms with Crippen LogP contribution in [-0.4, -0.2) is 25.1 Å². The Hall–Kier alpha value is -4.11. The lowest BCUT2D eigenvalue weighted by Gasteiger charge is -2.08. The van der Waals surface area contributed by atoms with Crippen LogP contribution in [0.15, 0.2) is 84.9 Å². The molecule has 4 rings (SSSR count). The Bertz CT molecular complexity index is 1330. The van der Waals surface area contributed by atoms with E-state index in [0.29, 0.717) is 22.9 Å². The standard InChI is InChI=1S/C24H20N4O4S/c29-22(19-10-7-11-20(14-19)28(30)31)16-27-24(33)26(15-18-8-3-1-4-9-18)23(25-27)17-32-21-12-5-2-6-13-21/h1-14H,15-17H2. The van der Waals surface area contributed by atoms with Gasteiger partial charge in [-0.2, -0.15) is 5.10 Å². The van der Waals surface area contributed by atoms with Gasteiger partial charge in [-0.3, -0.25) is 19.5 Å². The lowest BCUT2D eigenvalue weighted by atomic mass is 10.1. The van der Waals surface area contributed by atoms with E-state index in [1.165, 1.54) is 22.9 Å². The van der Waals surface area contributed by atoms with Gasteiger partial charge in [0.1, 0.15) is 18.9 Å². The Kier molecular flexibility index (Phi) is 6.70. The number of carbonyl (C=O) groups excluding carboxylic acids is 1. The fourth-order valence-electron chi connectivity index (χ4n) is 3.31. The van der Waals surface area contributed by atoms with Gasteiger partial charge < -0.3 is 4.74 Å². The molecule has 0 aliphatic rings. The number of nitro groups is 1. The van der Waals surface area contributed by atoms with Gasteiger partial charge in [0.15, 0.2) is 16.4 Å². The van der Waals surface area contributed by atoms with Gasteiger partial charge in [-0.05, 0) is 29.9 Å². The zero-order valence-corrected chi connectivity index (χ0v) is 18.4. The molecule has 0 N–H and O–H groups in total. The first-order valence-electron chi connectivity index (χ1n) is 10.2.